The summed E-state index contributed by atoms with van der Waals surface area (Å²) in [6.07, 6.45) is 0. The molecule has 0 atom stereocenters. The molecule has 0 radical (unpaired) electrons. The van der Waals surface area contributed by atoms with Gasteiger partial charge in [0.2, 0.25) is 0 Å². The molecule has 0 amide bonds. The molecule has 12 rings (SSSR count). The summed E-state index contributed by atoms with van der Waals surface area (Å²) in [5.74, 6) is 0.696. The van der Waals surface area contributed by atoms with Gasteiger partial charge >= 0.3 is 0 Å². The molecule has 4 heterocycles. The lowest BCUT2D eigenvalue weighted by Gasteiger charge is -2.12. The molecule has 12 aromatic rings. The summed E-state index contributed by atoms with van der Waals surface area (Å²) in [5.41, 5.74) is 12.2. The number of furan rings is 1. The number of hydrogen-bond acceptors (Lipinski definition) is 3. The maximum absolute atomic E-state index is 6.99. The van der Waals surface area contributed by atoms with Gasteiger partial charge in [0, 0.05) is 54.8 Å². The van der Waals surface area contributed by atoms with E-state index in [4.69, 9.17) is 14.4 Å². The van der Waals surface area contributed by atoms with Gasteiger partial charge in [0.25, 0.3) is 0 Å². The molecule has 0 aliphatic carbocycles. The molecule has 0 bridgehead atoms. The molecule has 0 aliphatic rings. The van der Waals surface area contributed by atoms with Crippen molar-refractivity contribution in [3.05, 3.63) is 182 Å². The van der Waals surface area contributed by atoms with Crippen molar-refractivity contribution in [1.29, 1.82) is 0 Å². The molecule has 0 fully saturated rings. The Morgan fingerprint density at radius 2 is 0.927 bits per heavy atom. The van der Waals surface area contributed by atoms with Crippen molar-refractivity contribution in [2.45, 2.75) is 0 Å². The van der Waals surface area contributed by atoms with Crippen LogP contribution in [-0.2, 0) is 0 Å². The number of benzene rings is 8. The summed E-state index contributed by atoms with van der Waals surface area (Å²) < 4.78 is 11.8. The molecular formula is C50H30N4O. The molecule has 55 heavy (non-hydrogen) atoms. The largest absolute Gasteiger partial charge is 0.454 e. The van der Waals surface area contributed by atoms with Crippen molar-refractivity contribution in [3.8, 4) is 34.0 Å². The maximum Gasteiger partial charge on any atom is 0.162 e. The minimum absolute atomic E-state index is 0.696. The fraction of sp³-hybridized carbons (Fsp3) is 0. The lowest BCUT2D eigenvalue weighted by molar-refractivity contribution is 0.671. The van der Waals surface area contributed by atoms with E-state index in [-0.39, 0.29) is 0 Å². The van der Waals surface area contributed by atoms with Gasteiger partial charge in [0.15, 0.2) is 11.4 Å². The lowest BCUT2D eigenvalue weighted by Crippen LogP contribution is -1.97. The lowest BCUT2D eigenvalue weighted by atomic mass is 10.0. The van der Waals surface area contributed by atoms with Crippen LogP contribution in [0.15, 0.2) is 186 Å². The van der Waals surface area contributed by atoms with Crippen molar-refractivity contribution in [2.75, 3.05) is 0 Å². The zero-order chi connectivity index (χ0) is 36.0. The van der Waals surface area contributed by atoms with Crippen LogP contribution in [0.4, 0.5) is 0 Å². The predicted molar refractivity (Wildman–Crippen MR) is 226 cm³/mol. The van der Waals surface area contributed by atoms with E-state index in [1.165, 1.54) is 21.5 Å². The molecule has 5 heteroatoms. The molecule has 8 aromatic carbocycles. The number of aromatic nitrogens is 4. The Kier molecular flexibility index (Phi) is 6.27. The standard InChI is InChI=1S/C50H30N4O/c1-3-15-31(16-4-1)46-35-19-7-11-23-39(35)51-50(52-46)32-27-29-34(30-28-32)54-41-25-13-9-21-37(41)44-43-36-20-8-12-24-40(36)53(33-17-5-2-6-18-33)47(43)45-38-22-10-14-26-42(38)55-49(45)48(44)54/h1-30H. The van der Waals surface area contributed by atoms with E-state index in [1.54, 1.807) is 0 Å². The highest BCUT2D eigenvalue weighted by molar-refractivity contribution is 6.39. The van der Waals surface area contributed by atoms with E-state index in [9.17, 15) is 0 Å². The Morgan fingerprint density at radius 1 is 0.382 bits per heavy atom. The zero-order valence-corrected chi connectivity index (χ0v) is 29.5. The number of nitrogens with zero attached hydrogens (tertiary/aromatic N) is 4. The smallest absolute Gasteiger partial charge is 0.162 e. The van der Waals surface area contributed by atoms with Gasteiger partial charge in [-0.05, 0) is 60.7 Å². The van der Waals surface area contributed by atoms with Crippen molar-refractivity contribution in [1.82, 2.24) is 19.1 Å². The maximum atomic E-state index is 6.99. The van der Waals surface area contributed by atoms with Crippen LogP contribution in [0.1, 0.15) is 0 Å². The van der Waals surface area contributed by atoms with Gasteiger partial charge in [-0.25, -0.2) is 9.97 Å². The summed E-state index contributed by atoms with van der Waals surface area (Å²) >= 11 is 0. The first-order valence-corrected chi connectivity index (χ1v) is 18.6. The Labute approximate surface area is 315 Å². The van der Waals surface area contributed by atoms with Crippen LogP contribution in [0.5, 0.6) is 0 Å². The Hall–Kier alpha value is -7.50. The summed E-state index contributed by atoms with van der Waals surface area (Å²) in [5, 5.41) is 8.02. The third kappa shape index (κ3) is 4.29. The topological polar surface area (TPSA) is 48.8 Å². The molecule has 0 unspecified atom stereocenters. The summed E-state index contributed by atoms with van der Waals surface area (Å²) in [4.78, 5) is 10.2. The van der Waals surface area contributed by atoms with Crippen LogP contribution in [0.3, 0.4) is 0 Å². The van der Waals surface area contributed by atoms with Crippen LogP contribution in [-0.4, -0.2) is 19.1 Å². The summed E-state index contributed by atoms with van der Waals surface area (Å²) in [7, 11) is 0. The third-order valence-corrected chi connectivity index (χ3v) is 11.1. The summed E-state index contributed by atoms with van der Waals surface area (Å²) in [6.45, 7) is 0. The molecule has 4 aromatic heterocycles. The van der Waals surface area contributed by atoms with Crippen molar-refractivity contribution in [2.24, 2.45) is 0 Å². The fourth-order valence-corrected chi connectivity index (χ4v) is 8.78. The van der Waals surface area contributed by atoms with Crippen LogP contribution in [0.25, 0.3) is 110 Å². The first-order chi connectivity index (χ1) is 27.3. The van der Waals surface area contributed by atoms with Crippen molar-refractivity contribution >= 4 is 76.5 Å². The van der Waals surface area contributed by atoms with Crippen molar-refractivity contribution < 1.29 is 4.42 Å². The van der Waals surface area contributed by atoms with Gasteiger partial charge in [-0.2, -0.15) is 0 Å². The molecule has 0 spiro atoms. The van der Waals surface area contributed by atoms with Gasteiger partial charge in [-0.1, -0.05) is 121 Å². The van der Waals surface area contributed by atoms with E-state index in [0.29, 0.717) is 5.82 Å². The Balaban J connectivity index is 1.17. The average Bonchev–Trinajstić information content (AvgIpc) is 3.92. The van der Waals surface area contributed by atoms with Crippen LogP contribution < -0.4 is 0 Å². The van der Waals surface area contributed by atoms with E-state index < -0.39 is 0 Å². The highest BCUT2D eigenvalue weighted by atomic mass is 16.3. The zero-order valence-electron chi connectivity index (χ0n) is 29.5. The minimum atomic E-state index is 0.696. The van der Waals surface area contributed by atoms with Crippen LogP contribution in [0.2, 0.25) is 0 Å². The van der Waals surface area contributed by atoms with Gasteiger partial charge in [0.05, 0.1) is 38.7 Å². The number of para-hydroxylation sites is 5. The van der Waals surface area contributed by atoms with Crippen LogP contribution in [0, 0.1) is 0 Å². The van der Waals surface area contributed by atoms with Gasteiger partial charge in [-0.15, -0.1) is 0 Å². The molecule has 0 N–H and O–H groups in total. The monoisotopic (exact) mass is 702 g/mol. The molecular weight excluding hydrogens is 673 g/mol. The number of rotatable bonds is 4. The Bertz CT molecular complexity index is 3470. The first kappa shape index (κ1) is 30.0. The third-order valence-electron chi connectivity index (χ3n) is 11.1. The number of hydrogen-bond donors (Lipinski definition) is 0. The van der Waals surface area contributed by atoms with E-state index in [2.05, 4.69) is 173 Å². The number of fused-ring (bicyclic) bond motifs is 13. The van der Waals surface area contributed by atoms with Gasteiger partial charge in [0.1, 0.15) is 5.58 Å². The van der Waals surface area contributed by atoms with Crippen LogP contribution >= 0.6 is 0 Å². The molecule has 5 nitrogen and oxygen atoms in total. The molecule has 256 valence electrons. The second-order valence-electron chi connectivity index (χ2n) is 14.1. The second-order valence-corrected chi connectivity index (χ2v) is 14.1. The Morgan fingerprint density at radius 3 is 1.65 bits per heavy atom. The normalized spacial score (nSPS) is 12.0. The van der Waals surface area contributed by atoms with Crippen molar-refractivity contribution in [3.63, 3.8) is 0 Å². The van der Waals surface area contributed by atoms with Gasteiger partial charge in [-0.3, -0.25) is 0 Å². The molecule has 0 saturated heterocycles. The van der Waals surface area contributed by atoms with E-state index in [0.717, 1.165) is 83.1 Å². The molecule has 0 saturated carbocycles. The second kappa shape index (κ2) is 11.5. The van der Waals surface area contributed by atoms with Gasteiger partial charge < -0.3 is 13.6 Å². The summed E-state index contributed by atoms with van der Waals surface area (Å²) in [6, 6.07) is 63.9. The van der Waals surface area contributed by atoms with E-state index >= 15 is 0 Å². The minimum Gasteiger partial charge on any atom is -0.454 e. The van der Waals surface area contributed by atoms with E-state index in [1.807, 2.05) is 18.2 Å². The SMILES string of the molecule is c1ccc(-c2nc(-c3ccc(-n4c5ccccc5c5c6c7ccccc7n(-c7ccccc7)c6c6c7ccccc7oc6c54)cc3)nc3ccccc23)cc1. The molecule has 0 aliphatic heterocycles. The predicted octanol–water partition coefficient (Wildman–Crippen LogP) is 13.1. The average molecular weight is 703 g/mol. The highest BCUT2D eigenvalue weighted by Gasteiger charge is 2.27. The quantitative estimate of drug-likeness (QED) is 0.183. The highest BCUT2D eigenvalue weighted by Crippen LogP contribution is 2.49. The first-order valence-electron chi connectivity index (χ1n) is 18.6. The fourth-order valence-electron chi connectivity index (χ4n) is 8.78.